The molecule has 30 heavy (non-hydrogen) atoms. The first-order chi connectivity index (χ1) is 14.5. The summed E-state index contributed by atoms with van der Waals surface area (Å²) in [5, 5.41) is 7.97. The summed E-state index contributed by atoms with van der Waals surface area (Å²) < 4.78 is 1.88. The van der Waals surface area contributed by atoms with Crippen LogP contribution in [0.2, 0.25) is 0 Å². The fourth-order valence-electron chi connectivity index (χ4n) is 5.31. The van der Waals surface area contributed by atoms with Crippen LogP contribution < -0.4 is 10.2 Å². The Balaban J connectivity index is 1.55. The lowest BCUT2D eigenvalue weighted by molar-refractivity contribution is 0.577. The van der Waals surface area contributed by atoms with E-state index >= 15 is 0 Å². The normalized spacial score (nSPS) is 21.0. The number of rotatable bonds is 3. The van der Waals surface area contributed by atoms with Gasteiger partial charge < -0.3 is 15.2 Å². The molecule has 0 aromatic carbocycles. The van der Waals surface area contributed by atoms with Gasteiger partial charge in [0.05, 0.1) is 16.7 Å². The number of nitrogens with zero attached hydrogens (tertiary/aromatic N) is 5. The maximum atomic E-state index is 5.18. The maximum absolute atomic E-state index is 5.18. The molecule has 2 aliphatic rings. The van der Waals surface area contributed by atoms with Gasteiger partial charge in [-0.1, -0.05) is 13.8 Å². The molecule has 2 bridgehead atoms. The van der Waals surface area contributed by atoms with E-state index in [1.54, 1.807) is 6.33 Å². The van der Waals surface area contributed by atoms with Gasteiger partial charge in [-0.2, -0.15) is 5.10 Å². The average Bonchev–Trinajstić information content (AvgIpc) is 3.51. The third-order valence-electron chi connectivity index (χ3n) is 6.99. The summed E-state index contributed by atoms with van der Waals surface area (Å²) in [5.41, 5.74) is 9.07. The van der Waals surface area contributed by atoms with E-state index < -0.39 is 0 Å². The lowest BCUT2D eigenvalue weighted by Gasteiger charge is -2.28. The maximum Gasteiger partial charge on any atom is 0.158 e. The predicted octanol–water partition coefficient (Wildman–Crippen LogP) is 3.56. The number of pyridine rings is 2. The summed E-state index contributed by atoms with van der Waals surface area (Å²) in [7, 11) is 0. The second kappa shape index (κ2) is 6.28. The highest BCUT2D eigenvalue weighted by molar-refractivity contribution is 5.90. The zero-order valence-electron chi connectivity index (χ0n) is 17.9. The lowest BCUT2D eigenvalue weighted by Crippen LogP contribution is -2.43. The fourth-order valence-corrected chi connectivity index (χ4v) is 5.31. The van der Waals surface area contributed by atoms with Crippen molar-refractivity contribution >= 4 is 22.5 Å². The van der Waals surface area contributed by atoms with Gasteiger partial charge in [0.1, 0.15) is 12.1 Å². The summed E-state index contributed by atoms with van der Waals surface area (Å²) in [6.45, 7) is 10.9. The molecule has 2 N–H and O–H groups in total. The molecule has 1 unspecified atom stereocenters. The zero-order chi connectivity index (χ0) is 20.6. The lowest BCUT2D eigenvalue weighted by atomic mass is 9.95. The molecule has 2 aliphatic heterocycles. The highest BCUT2D eigenvalue weighted by Crippen LogP contribution is 2.38. The molecule has 0 aliphatic carbocycles. The van der Waals surface area contributed by atoms with E-state index in [1.165, 1.54) is 17.5 Å². The van der Waals surface area contributed by atoms with Crippen LogP contribution in [0.4, 0.5) is 5.82 Å². The molecule has 2 saturated heterocycles. The van der Waals surface area contributed by atoms with Crippen molar-refractivity contribution in [3.63, 3.8) is 0 Å². The van der Waals surface area contributed by atoms with Gasteiger partial charge in [0, 0.05) is 42.5 Å². The first kappa shape index (κ1) is 17.9. The van der Waals surface area contributed by atoms with E-state index in [0.29, 0.717) is 18.0 Å². The van der Waals surface area contributed by atoms with E-state index in [-0.39, 0.29) is 0 Å². The number of piperazine rings is 1. The topological polar surface area (TPSA) is 74.1 Å². The van der Waals surface area contributed by atoms with Gasteiger partial charge in [0.15, 0.2) is 5.65 Å². The minimum Gasteiger partial charge on any atom is -0.353 e. The molecule has 2 atom stereocenters. The number of H-pyrrole nitrogens is 1. The summed E-state index contributed by atoms with van der Waals surface area (Å²) in [4.78, 5) is 15.8. The van der Waals surface area contributed by atoms with Crippen LogP contribution in [0.5, 0.6) is 0 Å². The summed E-state index contributed by atoms with van der Waals surface area (Å²) in [5.74, 6) is 1.45. The second-order valence-corrected chi connectivity index (χ2v) is 9.10. The number of anilines is 1. The van der Waals surface area contributed by atoms with Gasteiger partial charge in [-0.25, -0.2) is 14.5 Å². The van der Waals surface area contributed by atoms with E-state index in [4.69, 9.17) is 4.98 Å². The SMILES string of the molecule is Cc1c(-c2[nH]c3ccc(N4C[C@@H]5CC4CN5)nc3c2C(C)C)cn2ncnc2c1C. The van der Waals surface area contributed by atoms with E-state index in [2.05, 4.69) is 71.3 Å². The molecule has 7 heteroatoms. The number of aromatic nitrogens is 5. The Morgan fingerprint density at radius 1 is 1.17 bits per heavy atom. The molecule has 0 radical (unpaired) electrons. The minimum absolute atomic E-state index is 0.347. The van der Waals surface area contributed by atoms with Crippen LogP contribution in [0.1, 0.15) is 42.9 Å². The third-order valence-corrected chi connectivity index (χ3v) is 6.99. The quantitative estimate of drug-likeness (QED) is 0.549. The molecular weight excluding hydrogens is 374 g/mol. The Morgan fingerprint density at radius 3 is 2.77 bits per heavy atom. The summed E-state index contributed by atoms with van der Waals surface area (Å²) in [6, 6.07) is 5.55. The van der Waals surface area contributed by atoms with Crippen molar-refractivity contribution in [3.8, 4) is 11.3 Å². The minimum atomic E-state index is 0.347. The molecule has 2 fully saturated rings. The molecule has 4 aromatic heterocycles. The molecule has 7 nitrogen and oxygen atoms in total. The van der Waals surface area contributed by atoms with Crippen LogP contribution in [0.3, 0.4) is 0 Å². The Labute approximate surface area is 175 Å². The predicted molar refractivity (Wildman–Crippen MR) is 119 cm³/mol. The van der Waals surface area contributed by atoms with Gasteiger partial charge in [0.25, 0.3) is 0 Å². The molecule has 6 rings (SSSR count). The Kier molecular flexibility index (Phi) is 3.75. The van der Waals surface area contributed by atoms with Crippen LogP contribution in [0.15, 0.2) is 24.7 Å². The van der Waals surface area contributed by atoms with E-state index in [0.717, 1.165) is 52.4 Å². The summed E-state index contributed by atoms with van der Waals surface area (Å²) >= 11 is 0. The second-order valence-electron chi connectivity index (χ2n) is 9.10. The van der Waals surface area contributed by atoms with Crippen molar-refractivity contribution in [3.05, 3.63) is 41.3 Å². The first-order valence-corrected chi connectivity index (χ1v) is 10.8. The number of hydrogen-bond acceptors (Lipinski definition) is 5. The van der Waals surface area contributed by atoms with Crippen LogP contribution in [0, 0.1) is 13.8 Å². The number of fused-ring (bicyclic) bond motifs is 4. The Hall–Kier alpha value is -2.93. The Morgan fingerprint density at radius 2 is 2.03 bits per heavy atom. The van der Waals surface area contributed by atoms with Crippen molar-refractivity contribution in [1.82, 2.24) is 29.9 Å². The smallest absolute Gasteiger partial charge is 0.158 e. The van der Waals surface area contributed by atoms with Crippen LogP contribution in [0.25, 0.3) is 27.9 Å². The van der Waals surface area contributed by atoms with E-state index in [9.17, 15) is 0 Å². The first-order valence-electron chi connectivity index (χ1n) is 10.8. The third kappa shape index (κ3) is 2.45. The average molecular weight is 402 g/mol. The van der Waals surface area contributed by atoms with Crippen LogP contribution >= 0.6 is 0 Å². The molecule has 4 aromatic rings. The fraction of sp³-hybridized carbons (Fsp3) is 0.435. The van der Waals surface area contributed by atoms with Crippen molar-refractivity contribution in [1.29, 1.82) is 0 Å². The van der Waals surface area contributed by atoms with Gasteiger partial charge in [-0.15, -0.1) is 0 Å². The van der Waals surface area contributed by atoms with Crippen LogP contribution in [-0.4, -0.2) is 49.7 Å². The molecular formula is C23H27N7. The number of hydrogen-bond donors (Lipinski definition) is 2. The standard InChI is InChI=1S/C23H27N7/c1-12(2)20-21(17-10-30-23(25-11-26-30)14(4)13(17)3)27-18-5-6-19(28-22(18)20)29-9-15-7-16(29)8-24-15/h5-6,10-12,15-16,24,27H,7-9H2,1-4H3/t15-,16?/m0/s1. The van der Waals surface area contributed by atoms with Gasteiger partial charge in [0.2, 0.25) is 0 Å². The number of nitrogens with one attached hydrogen (secondary N) is 2. The van der Waals surface area contributed by atoms with E-state index in [1.807, 2.05) is 4.52 Å². The molecule has 6 heterocycles. The van der Waals surface area contributed by atoms with Crippen molar-refractivity contribution in [2.45, 2.75) is 52.1 Å². The number of aryl methyl sites for hydroxylation is 1. The van der Waals surface area contributed by atoms with Crippen molar-refractivity contribution < 1.29 is 0 Å². The van der Waals surface area contributed by atoms with Crippen molar-refractivity contribution in [2.75, 3.05) is 18.0 Å². The van der Waals surface area contributed by atoms with Gasteiger partial charge in [-0.05, 0) is 49.4 Å². The molecule has 0 spiro atoms. The monoisotopic (exact) mass is 401 g/mol. The number of aromatic amines is 1. The highest BCUT2D eigenvalue weighted by atomic mass is 15.3. The van der Waals surface area contributed by atoms with Crippen molar-refractivity contribution in [2.24, 2.45) is 0 Å². The highest BCUT2D eigenvalue weighted by Gasteiger charge is 2.38. The summed E-state index contributed by atoms with van der Waals surface area (Å²) in [6.07, 6.45) is 4.94. The molecule has 0 saturated carbocycles. The van der Waals surface area contributed by atoms with Crippen LogP contribution in [-0.2, 0) is 0 Å². The Bertz CT molecular complexity index is 1280. The van der Waals surface area contributed by atoms with Gasteiger partial charge in [-0.3, -0.25) is 0 Å². The largest absolute Gasteiger partial charge is 0.353 e. The molecule has 0 amide bonds. The zero-order valence-corrected chi connectivity index (χ0v) is 17.9. The molecule has 154 valence electrons. The van der Waals surface area contributed by atoms with Gasteiger partial charge >= 0.3 is 0 Å².